The van der Waals surface area contributed by atoms with E-state index in [1.807, 2.05) is 0 Å². The first-order valence-electron chi connectivity index (χ1n) is 17.3. The van der Waals surface area contributed by atoms with Gasteiger partial charge in [0, 0.05) is 19.8 Å². The van der Waals surface area contributed by atoms with E-state index in [0.29, 0.717) is 19.8 Å². The third-order valence-corrected chi connectivity index (χ3v) is 12.1. The van der Waals surface area contributed by atoms with Gasteiger partial charge < -0.3 is 29.8 Å². The highest BCUT2D eigenvalue weighted by Gasteiger charge is 2.65. The normalized spacial score (nSPS) is 13.0. The lowest BCUT2D eigenvalue weighted by molar-refractivity contribution is -0.861. The summed E-state index contributed by atoms with van der Waals surface area (Å²) in [5.74, 6) is 0.815. The van der Waals surface area contributed by atoms with Crippen molar-refractivity contribution in [3.8, 4) is 0 Å². The molecule has 0 aromatic heterocycles. The van der Waals surface area contributed by atoms with E-state index in [9.17, 15) is 0 Å². The van der Waals surface area contributed by atoms with Gasteiger partial charge in [-0.1, -0.05) is 118 Å². The molecule has 238 valence electrons. The summed E-state index contributed by atoms with van der Waals surface area (Å²) in [7, 11) is -2.92. The Balaban J connectivity index is 0. The zero-order chi connectivity index (χ0) is 28.4. The monoisotopic (exact) mass is 593 g/mol. The molecule has 0 aromatic rings. The smallest absolute Gasteiger partial charge is 0.784 e. The van der Waals surface area contributed by atoms with Crippen molar-refractivity contribution in [2.45, 2.75) is 170 Å². The highest BCUT2D eigenvalue weighted by atomic mass is 35.5. The van der Waals surface area contributed by atoms with Crippen LogP contribution < -0.4 is 12.4 Å². The molecular formula is C33H72ClNO3Si. The van der Waals surface area contributed by atoms with Crippen LogP contribution in [0.5, 0.6) is 0 Å². The van der Waals surface area contributed by atoms with E-state index in [1.54, 1.807) is 0 Å². The van der Waals surface area contributed by atoms with Gasteiger partial charge in [-0.2, -0.15) is 0 Å². The Kier molecular flexibility index (Phi) is 30.3. The maximum atomic E-state index is 6.72. The molecule has 6 heteroatoms. The number of nitrogens with zero attached hydrogens (tertiary/aromatic N) is 1. The third kappa shape index (κ3) is 17.8. The molecule has 0 aliphatic rings. The molecule has 1 unspecified atom stereocenters. The Morgan fingerprint density at radius 3 is 1.26 bits per heavy atom. The molecule has 1 atom stereocenters. The molecule has 0 heterocycles. The summed E-state index contributed by atoms with van der Waals surface area (Å²) < 4.78 is 21.1. The lowest BCUT2D eigenvalue weighted by Gasteiger charge is -2.48. The summed E-state index contributed by atoms with van der Waals surface area (Å²) in [6.07, 6.45) is 25.3. The largest absolute Gasteiger partial charge is 1.00 e. The number of rotatable bonds is 30. The van der Waals surface area contributed by atoms with Gasteiger partial charge in [-0.05, 0) is 58.8 Å². The zero-order valence-electron chi connectivity index (χ0n) is 27.8. The van der Waals surface area contributed by atoms with Crippen molar-refractivity contribution < 1.29 is 29.8 Å². The Morgan fingerprint density at radius 2 is 0.846 bits per heavy atom. The quantitative estimate of drug-likeness (QED) is 0.0639. The maximum absolute atomic E-state index is 6.72. The molecule has 0 amide bonds. The molecule has 0 fully saturated rings. The summed E-state index contributed by atoms with van der Waals surface area (Å²) >= 11 is 0. The molecule has 0 N–H and O–H groups in total. The molecule has 0 radical (unpaired) electrons. The molecule has 0 rings (SSSR count). The molecule has 39 heavy (non-hydrogen) atoms. The second-order valence-electron chi connectivity index (χ2n) is 11.6. The number of hydrogen-bond donors (Lipinski definition) is 0. The van der Waals surface area contributed by atoms with Crippen molar-refractivity contribution in [1.29, 1.82) is 0 Å². The molecule has 0 aliphatic carbocycles. The van der Waals surface area contributed by atoms with Crippen molar-refractivity contribution in [1.82, 2.24) is 0 Å². The fraction of sp³-hybridized carbons (Fsp3) is 1.00. The van der Waals surface area contributed by atoms with Gasteiger partial charge in [0.15, 0.2) is 0 Å². The van der Waals surface area contributed by atoms with Gasteiger partial charge in [-0.3, -0.25) is 0 Å². The van der Waals surface area contributed by atoms with Crippen LogP contribution >= 0.6 is 0 Å². The first kappa shape index (κ1) is 41.5. The second kappa shape index (κ2) is 28.5. The van der Waals surface area contributed by atoms with Crippen molar-refractivity contribution >= 4 is 8.97 Å². The number of hydrogen-bond acceptors (Lipinski definition) is 3. The molecule has 0 aromatic carbocycles. The first-order valence-corrected chi connectivity index (χ1v) is 19.0. The Hall–Kier alpha value is 0.347. The Bertz CT molecular complexity index is 465. The lowest BCUT2D eigenvalue weighted by Crippen LogP contribution is -3.00. The van der Waals surface area contributed by atoms with Crippen LogP contribution in [0.4, 0.5) is 0 Å². The van der Waals surface area contributed by atoms with Gasteiger partial charge in [0.1, 0.15) is 0 Å². The van der Waals surface area contributed by atoms with Crippen molar-refractivity contribution in [3.63, 3.8) is 0 Å². The van der Waals surface area contributed by atoms with Crippen LogP contribution in [0.15, 0.2) is 0 Å². The molecule has 4 nitrogen and oxygen atoms in total. The van der Waals surface area contributed by atoms with Crippen LogP contribution in [-0.4, -0.2) is 52.6 Å². The molecule has 0 aliphatic heterocycles. The molecule has 0 bridgehead atoms. The third-order valence-electron chi connectivity index (χ3n) is 8.32. The van der Waals surface area contributed by atoms with E-state index in [1.165, 1.54) is 122 Å². The van der Waals surface area contributed by atoms with E-state index in [2.05, 4.69) is 48.5 Å². The molecule has 0 saturated carbocycles. The summed E-state index contributed by atoms with van der Waals surface area (Å²) in [5, 5.41) is 0. The van der Waals surface area contributed by atoms with E-state index in [0.717, 1.165) is 29.7 Å². The van der Waals surface area contributed by atoms with Crippen molar-refractivity contribution in [3.05, 3.63) is 0 Å². The van der Waals surface area contributed by atoms with E-state index in [-0.39, 0.29) is 12.4 Å². The van der Waals surface area contributed by atoms with Crippen LogP contribution in [-0.2, 0) is 13.3 Å². The molecule has 0 spiro atoms. The highest BCUT2D eigenvalue weighted by molar-refractivity contribution is 6.52. The van der Waals surface area contributed by atoms with Gasteiger partial charge in [-0.25, -0.2) is 0 Å². The van der Waals surface area contributed by atoms with E-state index >= 15 is 0 Å². The number of quaternary nitrogens is 1. The SMILES string of the molecule is CCCCCCCC[N+](CCCCCCCC)(CCC(CCC)CCCCC)[Si](OCC)(OCC)OCC.[Cl-]. The van der Waals surface area contributed by atoms with E-state index < -0.39 is 8.97 Å². The summed E-state index contributed by atoms with van der Waals surface area (Å²) in [5.41, 5.74) is 0. The van der Waals surface area contributed by atoms with Gasteiger partial charge in [0.05, 0.1) is 19.6 Å². The minimum Gasteiger partial charge on any atom is -1.00 e. The van der Waals surface area contributed by atoms with E-state index in [4.69, 9.17) is 13.3 Å². The minimum absolute atomic E-state index is 0. The topological polar surface area (TPSA) is 27.7 Å². The van der Waals surface area contributed by atoms with Gasteiger partial charge >= 0.3 is 8.97 Å². The summed E-state index contributed by atoms with van der Waals surface area (Å²) in [4.78, 5) is 0. The fourth-order valence-electron chi connectivity index (χ4n) is 6.17. The van der Waals surface area contributed by atoms with Crippen LogP contribution in [0.1, 0.15) is 170 Å². The van der Waals surface area contributed by atoms with Gasteiger partial charge in [-0.15, -0.1) is 0 Å². The van der Waals surface area contributed by atoms with Crippen LogP contribution in [0.25, 0.3) is 0 Å². The van der Waals surface area contributed by atoms with Crippen LogP contribution in [0.3, 0.4) is 0 Å². The van der Waals surface area contributed by atoms with Gasteiger partial charge in [0.2, 0.25) is 0 Å². The predicted molar refractivity (Wildman–Crippen MR) is 169 cm³/mol. The van der Waals surface area contributed by atoms with Crippen LogP contribution in [0.2, 0.25) is 0 Å². The molecular weight excluding hydrogens is 522 g/mol. The second-order valence-corrected chi connectivity index (χ2v) is 14.5. The minimum atomic E-state index is -2.92. The van der Waals surface area contributed by atoms with Gasteiger partial charge in [0.25, 0.3) is 0 Å². The van der Waals surface area contributed by atoms with Crippen molar-refractivity contribution in [2.75, 3.05) is 39.5 Å². The van der Waals surface area contributed by atoms with Crippen molar-refractivity contribution in [2.24, 2.45) is 5.92 Å². The first-order chi connectivity index (χ1) is 18.5. The average molecular weight is 594 g/mol. The average Bonchev–Trinajstić information content (AvgIpc) is 2.91. The zero-order valence-corrected chi connectivity index (χ0v) is 29.6. The summed E-state index contributed by atoms with van der Waals surface area (Å²) in [6, 6.07) is 0. The summed E-state index contributed by atoms with van der Waals surface area (Å²) in [6.45, 7) is 21.2. The standard InChI is InChI=1S/C33H72NO3Si.ClH/c1-8-15-18-20-22-25-30-34(31-26-23-21-19-16-9-2,38(35-12-5,36-13-6)37-14-7)32-29-33(27-11-4)28-24-17-10-3;/h33H,8-32H2,1-7H3;1H/q+1;/p-1. The predicted octanol–water partition coefficient (Wildman–Crippen LogP) is 7.46. The lowest BCUT2D eigenvalue weighted by atomic mass is 9.93. The highest BCUT2D eigenvalue weighted by Crippen LogP contribution is 2.32. The maximum Gasteiger partial charge on any atom is 0.784 e. The van der Waals surface area contributed by atoms with Crippen LogP contribution in [0, 0.1) is 5.92 Å². The Labute approximate surface area is 254 Å². The number of unbranched alkanes of at least 4 members (excludes halogenated alkanes) is 12. The fourth-order valence-corrected chi connectivity index (χ4v) is 9.61. The number of halogens is 1. The molecule has 0 saturated heterocycles. The Morgan fingerprint density at radius 1 is 0.436 bits per heavy atom.